The van der Waals surface area contributed by atoms with Crippen LogP contribution in [0.4, 0.5) is 0 Å². The molecule has 3 aromatic rings. The van der Waals surface area contributed by atoms with Gasteiger partial charge in [-0.25, -0.2) is 4.98 Å². The second-order valence-electron chi connectivity index (χ2n) is 5.66. The number of hydrogen-bond donors (Lipinski definition) is 1. The molecule has 3 heteroatoms. The summed E-state index contributed by atoms with van der Waals surface area (Å²) in [4.78, 5) is 20.4. The first-order valence-electron chi connectivity index (χ1n) is 7.36. The minimum absolute atomic E-state index is 0.0478. The predicted molar refractivity (Wildman–Crippen MR) is 82.4 cm³/mol. The Hall–Kier alpha value is -2.42. The van der Waals surface area contributed by atoms with E-state index in [4.69, 9.17) is 0 Å². The lowest BCUT2D eigenvalue weighted by Crippen LogP contribution is -2.23. The molecule has 1 atom stereocenters. The predicted octanol–water partition coefficient (Wildman–Crippen LogP) is 3.55. The van der Waals surface area contributed by atoms with Gasteiger partial charge >= 0.3 is 0 Å². The number of aromatic nitrogens is 2. The van der Waals surface area contributed by atoms with Crippen LogP contribution < -0.4 is 0 Å². The molecule has 1 aliphatic rings. The van der Waals surface area contributed by atoms with E-state index in [1.807, 2.05) is 30.3 Å². The first kappa shape index (κ1) is 12.3. The fourth-order valence-electron chi connectivity index (χ4n) is 3.28. The number of aromatic amines is 1. The molecule has 3 nitrogen and oxygen atoms in total. The molecule has 0 saturated carbocycles. The molecular weight excluding hydrogens is 260 g/mol. The molecule has 0 amide bonds. The van der Waals surface area contributed by atoms with Crippen LogP contribution in [0.2, 0.25) is 0 Å². The molecule has 0 bridgehead atoms. The second-order valence-corrected chi connectivity index (χ2v) is 5.66. The Labute approximate surface area is 123 Å². The second kappa shape index (κ2) is 4.85. The van der Waals surface area contributed by atoms with Crippen LogP contribution in [0.3, 0.4) is 0 Å². The molecule has 1 aromatic heterocycles. The molecule has 0 saturated heterocycles. The number of hydrogen-bond acceptors (Lipinski definition) is 2. The highest BCUT2D eigenvalue weighted by Gasteiger charge is 2.27. The number of nitrogens with one attached hydrogen (secondary N) is 1. The minimum Gasteiger partial charge on any atom is -0.348 e. The summed E-state index contributed by atoms with van der Waals surface area (Å²) in [6.45, 7) is 0. The van der Waals surface area contributed by atoms with Crippen molar-refractivity contribution in [2.45, 2.75) is 19.3 Å². The van der Waals surface area contributed by atoms with Gasteiger partial charge < -0.3 is 4.98 Å². The number of carbonyl (C=O) groups excluding carboxylic acids is 1. The third-order valence-corrected chi connectivity index (χ3v) is 4.42. The third kappa shape index (κ3) is 2.05. The van der Waals surface area contributed by atoms with Crippen LogP contribution in [0.1, 0.15) is 28.2 Å². The van der Waals surface area contributed by atoms with Crippen molar-refractivity contribution in [3.63, 3.8) is 0 Å². The lowest BCUT2D eigenvalue weighted by molar-refractivity contribution is 0.0909. The summed E-state index contributed by atoms with van der Waals surface area (Å²) >= 11 is 0. The number of nitrogens with zero attached hydrogens (tertiary/aromatic N) is 1. The van der Waals surface area contributed by atoms with E-state index in [1.165, 1.54) is 5.69 Å². The molecule has 21 heavy (non-hydrogen) atoms. The average molecular weight is 276 g/mol. The number of aryl methyl sites for hydroxylation is 1. The van der Waals surface area contributed by atoms with Crippen molar-refractivity contribution in [3.05, 3.63) is 65.7 Å². The number of fused-ring (bicyclic) bond motifs is 2. The Morgan fingerprint density at radius 1 is 1.14 bits per heavy atom. The van der Waals surface area contributed by atoms with E-state index in [2.05, 4.69) is 22.1 Å². The van der Waals surface area contributed by atoms with Gasteiger partial charge in [0.05, 0.1) is 12.0 Å². The monoisotopic (exact) mass is 276 g/mol. The molecule has 2 aromatic carbocycles. The van der Waals surface area contributed by atoms with Crippen molar-refractivity contribution in [2.24, 2.45) is 5.92 Å². The maximum Gasteiger partial charge on any atom is 0.166 e. The summed E-state index contributed by atoms with van der Waals surface area (Å²) in [6, 6.07) is 14.1. The first-order valence-corrected chi connectivity index (χ1v) is 7.36. The molecule has 1 heterocycles. The molecular formula is C18H16N2O. The van der Waals surface area contributed by atoms with Crippen LogP contribution in [-0.4, -0.2) is 15.8 Å². The van der Waals surface area contributed by atoms with Crippen molar-refractivity contribution >= 4 is 16.6 Å². The molecule has 1 N–H and O–H groups in total. The van der Waals surface area contributed by atoms with E-state index in [9.17, 15) is 4.79 Å². The topological polar surface area (TPSA) is 45.8 Å². The highest BCUT2D eigenvalue weighted by atomic mass is 16.1. The van der Waals surface area contributed by atoms with Gasteiger partial charge in [-0.05, 0) is 23.6 Å². The van der Waals surface area contributed by atoms with Crippen molar-refractivity contribution in [1.82, 2.24) is 9.97 Å². The first-order chi connectivity index (χ1) is 10.3. The van der Waals surface area contributed by atoms with Crippen LogP contribution in [0.25, 0.3) is 10.8 Å². The van der Waals surface area contributed by atoms with E-state index in [0.717, 1.165) is 41.3 Å². The summed E-state index contributed by atoms with van der Waals surface area (Å²) < 4.78 is 0. The van der Waals surface area contributed by atoms with Gasteiger partial charge in [0.15, 0.2) is 5.78 Å². The van der Waals surface area contributed by atoms with E-state index in [1.54, 1.807) is 6.33 Å². The lowest BCUT2D eigenvalue weighted by Gasteiger charge is -2.20. The van der Waals surface area contributed by atoms with Crippen LogP contribution >= 0.6 is 0 Å². The number of rotatable bonds is 2. The Morgan fingerprint density at radius 2 is 2.00 bits per heavy atom. The highest BCUT2D eigenvalue weighted by molar-refractivity contribution is 6.09. The minimum atomic E-state index is 0.0478. The fraction of sp³-hybridized carbons (Fsp3) is 0.222. The van der Waals surface area contributed by atoms with Crippen LogP contribution in [-0.2, 0) is 12.8 Å². The summed E-state index contributed by atoms with van der Waals surface area (Å²) in [5, 5.41) is 2.18. The maximum atomic E-state index is 12.9. The molecule has 0 spiro atoms. The zero-order valence-corrected chi connectivity index (χ0v) is 11.7. The Bertz CT molecular complexity index is 813. The van der Waals surface area contributed by atoms with Crippen LogP contribution in [0.5, 0.6) is 0 Å². The van der Waals surface area contributed by atoms with Crippen molar-refractivity contribution < 1.29 is 4.79 Å². The third-order valence-electron chi connectivity index (χ3n) is 4.42. The zero-order valence-electron chi connectivity index (χ0n) is 11.7. The number of imidazole rings is 1. The molecule has 1 aliphatic carbocycles. The quantitative estimate of drug-likeness (QED) is 0.727. The van der Waals surface area contributed by atoms with Gasteiger partial charge in [0.2, 0.25) is 0 Å². The van der Waals surface area contributed by atoms with Gasteiger partial charge in [0, 0.05) is 23.6 Å². The summed E-state index contributed by atoms with van der Waals surface area (Å²) in [5.41, 5.74) is 3.09. The Kier molecular flexibility index (Phi) is 2.85. The van der Waals surface area contributed by atoms with Gasteiger partial charge in [-0.1, -0.05) is 42.5 Å². The number of ketones is 1. The molecule has 104 valence electrons. The lowest BCUT2D eigenvalue weighted by atomic mass is 9.83. The van der Waals surface area contributed by atoms with E-state index >= 15 is 0 Å². The summed E-state index contributed by atoms with van der Waals surface area (Å²) in [7, 11) is 0. The number of carbonyl (C=O) groups is 1. The van der Waals surface area contributed by atoms with Crippen molar-refractivity contribution in [2.75, 3.05) is 0 Å². The fourth-order valence-corrected chi connectivity index (χ4v) is 3.28. The van der Waals surface area contributed by atoms with Crippen LogP contribution in [0.15, 0.2) is 48.8 Å². The number of Topliss-reactive ketones (excluding diaryl/α,β-unsaturated/α-hetero) is 1. The van der Waals surface area contributed by atoms with Crippen molar-refractivity contribution in [3.8, 4) is 0 Å². The molecule has 4 rings (SSSR count). The highest BCUT2D eigenvalue weighted by Crippen LogP contribution is 2.28. The Morgan fingerprint density at radius 3 is 2.95 bits per heavy atom. The molecule has 1 unspecified atom stereocenters. The molecule has 0 aliphatic heterocycles. The average Bonchev–Trinajstić information content (AvgIpc) is 3.01. The van der Waals surface area contributed by atoms with Gasteiger partial charge in [0.1, 0.15) is 0 Å². The summed E-state index contributed by atoms with van der Waals surface area (Å²) in [5.74, 6) is 0.298. The number of benzene rings is 2. The van der Waals surface area contributed by atoms with Gasteiger partial charge in [-0.15, -0.1) is 0 Å². The molecule has 0 fully saturated rings. The van der Waals surface area contributed by atoms with Gasteiger partial charge in [-0.2, -0.15) is 0 Å². The molecule has 0 radical (unpaired) electrons. The van der Waals surface area contributed by atoms with E-state index in [0.29, 0.717) is 0 Å². The maximum absolute atomic E-state index is 12.9. The number of H-pyrrole nitrogens is 1. The Balaban J connectivity index is 1.71. The standard InChI is InChI=1S/C18H16N2O/c21-18(13-8-9-16-17(10-13)20-11-19-16)15-7-3-5-12-4-1-2-6-14(12)15/h1-7,11,13H,8-10H2,(H,19,20). The summed E-state index contributed by atoms with van der Waals surface area (Å²) in [6.07, 6.45) is 4.30. The normalized spacial score (nSPS) is 17.6. The van der Waals surface area contributed by atoms with Gasteiger partial charge in [0.25, 0.3) is 0 Å². The van der Waals surface area contributed by atoms with Crippen molar-refractivity contribution in [1.29, 1.82) is 0 Å². The SMILES string of the molecule is O=C(c1cccc2ccccc12)C1CCc2[nH]cnc2C1. The van der Waals surface area contributed by atoms with Gasteiger partial charge in [-0.3, -0.25) is 4.79 Å². The largest absolute Gasteiger partial charge is 0.348 e. The van der Waals surface area contributed by atoms with E-state index in [-0.39, 0.29) is 11.7 Å². The van der Waals surface area contributed by atoms with Crippen LogP contribution in [0, 0.1) is 5.92 Å². The zero-order chi connectivity index (χ0) is 14.2. The van der Waals surface area contributed by atoms with E-state index < -0.39 is 0 Å². The smallest absolute Gasteiger partial charge is 0.166 e.